The van der Waals surface area contributed by atoms with E-state index in [4.69, 9.17) is 0 Å². The molecule has 1 aliphatic carbocycles. The van der Waals surface area contributed by atoms with Crippen LogP contribution in [0.4, 0.5) is 4.39 Å². The molecule has 0 bridgehead atoms. The third-order valence-electron chi connectivity index (χ3n) is 5.72. The number of benzene rings is 1. The second-order valence-corrected chi connectivity index (χ2v) is 7.10. The number of halogens is 1. The zero-order chi connectivity index (χ0) is 15.9. The van der Waals surface area contributed by atoms with Crippen molar-refractivity contribution in [1.29, 1.82) is 0 Å². The monoisotopic (exact) mass is 314 g/mol. The Labute approximate surface area is 136 Å². The van der Waals surface area contributed by atoms with E-state index in [1.807, 2.05) is 18.6 Å². The Hall–Kier alpha value is -1.68. The van der Waals surface area contributed by atoms with Gasteiger partial charge in [0.2, 0.25) is 0 Å². The summed E-state index contributed by atoms with van der Waals surface area (Å²) in [6.07, 6.45) is 7.95. The maximum Gasteiger partial charge on any atom is 0.111 e. The smallest absolute Gasteiger partial charge is 0.111 e. The van der Waals surface area contributed by atoms with Crippen LogP contribution in [-0.4, -0.2) is 26.9 Å². The zero-order valence-corrected chi connectivity index (χ0v) is 13.3. The van der Waals surface area contributed by atoms with Gasteiger partial charge in [-0.3, -0.25) is 0 Å². The molecule has 1 N–H and O–H groups in total. The summed E-state index contributed by atoms with van der Waals surface area (Å²) in [5, 5.41) is 9.23. The van der Waals surface area contributed by atoms with E-state index in [1.165, 1.54) is 11.1 Å². The highest BCUT2D eigenvalue weighted by molar-refractivity contribution is 5.68. The Balaban J connectivity index is 1.50. The number of fused-ring (bicyclic) bond motifs is 3. The summed E-state index contributed by atoms with van der Waals surface area (Å²) in [7, 11) is 0. The van der Waals surface area contributed by atoms with E-state index >= 15 is 4.39 Å². The van der Waals surface area contributed by atoms with Crippen molar-refractivity contribution in [3.63, 3.8) is 0 Å². The van der Waals surface area contributed by atoms with E-state index < -0.39 is 5.67 Å². The van der Waals surface area contributed by atoms with Crippen molar-refractivity contribution in [2.75, 3.05) is 6.61 Å². The van der Waals surface area contributed by atoms with Crippen molar-refractivity contribution in [2.45, 2.75) is 50.2 Å². The van der Waals surface area contributed by atoms with Crippen LogP contribution in [0.25, 0.3) is 11.3 Å². The number of aromatic nitrogens is 2. The van der Waals surface area contributed by atoms with Gasteiger partial charge in [0.25, 0.3) is 0 Å². The van der Waals surface area contributed by atoms with Gasteiger partial charge in [-0.05, 0) is 50.0 Å². The van der Waals surface area contributed by atoms with Crippen molar-refractivity contribution in [3.8, 4) is 11.3 Å². The predicted octanol–water partition coefficient (Wildman–Crippen LogP) is 4.12. The minimum absolute atomic E-state index is 0.199. The molecule has 2 aromatic rings. The SMILES string of the molecule is OCC1CCC(F)(CCC2c3ccccc3-c3cncn32)CC1. The summed E-state index contributed by atoms with van der Waals surface area (Å²) in [6, 6.07) is 8.59. The quantitative estimate of drug-likeness (QED) is 0.921. The molecule has 1 aliphatic heterocycles. The molecule has 0 saturated heterocycles. The van der Waals surface area contributed by atoms with Gasteiger partial charge in [0, 0.05) is 12.2 Å². The van der Waals surface area contributed by atoms with Crippen molar-refractivity contribution in [3.05, 3.63) is 42.4 Å². The molecule has 0 radical (unpaired) electrons. The van der Waals surface area contributed by atoms with Crippen LogP contribution in [0.1, 0.15) is 50.1 Å². The Morgan fingerprint density at radius 1 is 1.26 bits per heavy atom. The van der Waals surface area contributed by atoms with E-state index in [0.29, 0.717) is 25.2 Å². The molecule has 2 aliphatic rings. The van der Waals surface area contributed by atoms with E-state index in [-0.39, 0.29) is 12.6 Å². The molecular formula is C19H23FN2O. The van der Waals surface area contributed by atoms with Gasteiger partial charge in [-0.15, -0.1) is 0 Å². The van der Waals surface area contributed by atoms with E-state index in [0.717, 1.165) is 25.0 Å². The van der Waals surface area contributed by atoms with Crippen molar-refractivity contribution in [2.24, 2.45) is 5.92 Å². The predicted molar refractivity (Wildman–Crippen MR) is 87.9 cm³/mol. The maximum atomic E-state index is 15.1. The lowest BCUT2D eigenvalue weighted by atomic mass is 9.77. The van der Waals surface area contributed by atoms with Gasteiger partial charge >= 0.3 is 0 Å². The van der Waals surface area contributed by atoms with Gasteiger partial charge in [-0.2, -0.15) is 0 Å². The van der Waals surface area contributed by atoms with E-state index in [1.54, 1.807) is 0 Å². The van der Waals surface area contributed by atoms with Gasteiger partial charge < -0.3 is 9.67 Å². The Morgan fingerprint density at radius 3 is 2.83 bits per heavy atom. The van der Waals surface area contributed by atoms with Crippen LogP contribution in [0.3, 0.4) is 0 Å². The topological polar surface area (TPSA) is 38.1 Å². The largest absolute Gasteiger partial charge is 0.396 e. The van der Waals surface area contributed by atoms with E-state index in [9.17, 15) is 5.11 Å². The van der Waals surface area contributed by atoms with Crippen LogP contribution in [-0.2, 0) is 0 Å². The first-order valence-electron chi connectivity index (χ1n) is 8.61. The van der Waals surface area contributed by atoms with Gasteiger partial charge in [-0.1, -0.05) is 24.3 Å². The van der Waals surface area contributed by atoms with Crippen LogP contribution < -0.4 is 0 Å². The standard InChI is InChI=1S/C19H23FN2O/c20-19(8-5-14(12-23)6-9-19)10-7-17-15-3-1-2-4-16(15)18-11-21-13-22(17)18/h1-4,11,13-14,17,23H,5-10,12H2. The molecule has 1 aromatic heterocycles. The zero-order valence-electron chi connectivity index (χ0n) is 13.3. The van der Waals surface area contributed by atoms with Crippen LogP contribution in [0.5, 0.6) is 0 Å². The third-order valence-corrected chi connectivity index (χ3v) is 5.72. The summed E-state index contributed by atoms with van der Waals surface area (Å²) in [4.78, 5) is 4.27. The second-order valence-electron chi connectivity index (χ2n) is 7.10. The first-order chi connectivity index (χ1) is 11.2. The number of aliphatic hydroxyl groups is 1. The Bertz CT molecular complexity index is 688. The number of hydrogen-bond acceptors (Lipinski definition) is 2. The summed E-state index contributed by atoms with van der Waals surface area (Å²) in [5.74, 6) is 0.298. The minimum Gasteiger partial charge on any atom is -0.396 e. The molecule has 2 heterocycles. The normalized spacial score (nSPS) is 29.3. The first-order valence-corrected chi connectivity index (χ1v) is 8.61. The van der Waals surface area contributed by atoms with Crippen molar-refractivity contribution < 1.29 is 9.50 Å². The molecule has 122 valence electrons. The van der Waals surface area contributed by atoms with Crippen LogP contribution >= 0.6 is 0 Å². The second kappa shape index (κ2) is 5.75. The highest BCUT2D eigenvalue weighted by atomic mass is 19.1. The first kappa shape index (κ1) is 14.9. The summed E-state index contributed by atoms with van der Waals surface area (Å²) in [5.41, 5.74) is 2.59. The number of imidazole rings is 1. The average molecular weight is 314 g/mol. The summed E-state index contributed by atoms with van der Waals surface area (Å²) < 4.78 is 17.3. The van der Waals surface area contributed by atoms with Gasteiger partial charge in [0.15, 0.2) is 0 Å². The summed E-state index contributed by atoms with van der Waals surface area (Å²) in [6.45, 7) is 0.199. The number of hydrogen-bond donors (Lipinski definition) is 1. The molecular weight excluding hydrogens is 291 g/mol. The highest BCUT2D eigenvalue weighted by Crippen LogP contribution is 2.45. The number of aliphatic hydroxyl groups excluding tert-OH is 1. The minimum atomic E-state index is -1.07. The molecule has 0 spiro atoms. The summed E-state index contributed by atoms with van der Waals surface area (Å²) >= 11 is 0. The fourth-order valence-corrected chi connectivity index (χ4v) is 4.25. The van der Waals surface area contributed by atoms with Crippen LogP contribution in [0.15, 0.2) is 36.8 Å². The number of rotatable bonds is 4. The Kier molecular flexibility index (Phi) is 3.72. The maximum absolute atomic E-state index is 15.1. The lowest BCUT2D eigenvalue weighted by molar-refractivity contribution is 0.0530. The van der Waals surface area contributed by atoms with Crippen LogP contribution in [0.2, 0.25) is 0 Å². The highest BCUT2D eigenvalue weighted by Gasteiger charge is 2.37. The van der Waals surface area contributed by atoms with Crippen molar-refractivity contribution in [1.82, 2.24) is 9.55 Å². The fraction of sp³-hybridized carbons (Fsp3) is 0.526. The molecule has 3 nitrogen and oxygen atoms in total. The molecule has 1 aromatic carbocycles. The molecule has 1 saturated carbocycles. The molecule has 4 heteroatoms. The number of alkyl halides is 1. The molecule has 1 fully saturated rings. The number of nitrogens with zero attached hydrogens (tertiary/aromatic N) is 2. The van der Waals surface area contributed by atoms with Crippen LogP contribution in [0, 0.1) is 5.92 Å². The lowest BCUT2D eigenvalue weighted by Crippen LogP contribution is -2.31. The fourth-order valence-electron chi connectivity index (χ4n) is 4.25. The molecule has 1 unspecified atom stereocenters. The molecule has 0 amide bonds. The molecule has 23 heavy (non-hydrogen) atoms. The lowest BCUT2D eigenvalue weighted by Gasteiger charge is -2.34. The Morgan fingerprint density at radius 2 is 2.04 bits per heavy atom. The van der Waals surface area contributed by atoms with E-state index in [2.05, 4.69) is 27.8 Å². The van der Waals surface area contributed by atoms with Gasteiger partial charge in [0.05, 0.1) is 24.3 Å². The molecule has 1 atom stereocenters. The van der Waals surface area contributed by atoms with Gasteiger partial charge in [0.1, 0.15) is 5.67 Å². The molecule has 4 rings (SSSR count). The average Bonchev–Trinajstić information content (AvgIpc) is 3.15. The third kappa shape index (κ3) is 2.59. The van der Waals surface area contributed by atoms with Crippen molar-refractivity contribution >= 4 is 0 Å². The van der Waals surface area contributed by atoms with Gasteiger partial charge in [-0.25, -0.2) is 9.37 Å².